The Morgan fingerprint density at radius 1 is 1.11 bits per heavy atom. The number of amides is 1. The Morgan fingerprint density at radius 2 is 1.96 bits per heavy atom. The number of hydrazone groups is 1. The van der Waals surface area contributed by atoms with Crippen molar-refractivity contribution in [3.05, 3.63) is 87.9 Å². The Balaban J connectivity index is 1.65. The van der Waals surface area contributed by atoms with Crippen molar-refractivity contribution in [1.82, 2.24) is 15.4 Å². The second kappa shape index (κ2) is 9.07. The van der Waals surface area contributed by atoms with Crippen LogP contribution in [0.2, 0.25) is 10.0 Å². The molecular weight excluding hydrogens is 403 g/mol. The topological polar surface area (TPSA) is 93.5 Å². The van der Waals surface area contributed by atoms with E-state index in [0.29, 0.717) is 16.3 Å². The maximum Gasteiger partial charge on any atom is 0.345 e. The molecule has 0 saturated heterocycles. The predicted octanol–water partition coefficient (Wildman–Crippen LogP) is 3.77. The summed E-state index contributed by atoms with van der Waals surface area (Å²) in [5.74, 6) is -0.823. The number of carbonyl (C=O) groups is 2. The first-order valence-corrected chi connectivity index (χ1v) is 8.65. The van der Waals surface area contributed by atoms with E-state index in [9.17, 15) is 9.59 Å². The number of ether oxygens (including phenoxy) is 1. The van der Waals surface area contributed by atoms with Gasteiger partial charge in [0.2, 0.25) is 0 Å². The molecule has 0 spiro atoms. The lowest BCUT2D eigenvalue weighted by molar-refractivity contribution is 0.0734. The summed E-state index contributed by atoms with van der Waals surface area (Å²) < 4.78 is 5.32. The highest BCUT2D eigenvalue weighted by atomic mass is 35.5. The van der Waals surface area contributed by atoms with Gasteiger partial charge in [0.1, 0.15) is 11.4 Å². The fourth-order valence-electron chi connectivity index (χ4n) is 2.11. The van der Waals surface area contributed by atoms with Gasteiger partial charge in [-0.2, -0.15) is 5.10 Å². The van der Waals surface area contributed by atoms with E-state index >= 15 is 0 Å². The van der Waals surface area contributed by atoms with Gasteiger partial charge in [-0.25, -0.2) is 15.2 Å². The molecule has 1 N–H and O–H groups in total. The van der Waals surface area contributed by atoms with E-state index in [0.717, 1.165) is 0 Å². The van der Waals surface area contributed by atoms with Crippen LogP contribution in [-0.2, 0) is 0 Å². The van der Waals surface area contributed by atoms with Gasteiger partial charge in [0.25, 0.3) is 5.91 Å². The summed E-state index contributed by atoms with van der Waals surface area (Å²) >= 11 is 11.8. The zero-order chi connectivity index (χ0) is 19.9. The summed E-state index contributed by atoms with van der Waals surface area (Å²) in [5, 5.41) is 4.47. The lowest BCUT2D eigenvalue weighted by Crippen LogP contribution is -2.19. The number of halogens is 2. The molecule has 0 aliphatic carbocycles. The fraction of sp³-hybridized carbons (Fsp3) is 0. The summed E-state index contributed by atoms with van der Waals surface area (Å²) in [6.45, 7) is 0. The van der Waals surface area contributed by atoms with Crippen LogP contribution >= 0.6 is 23.2 Å². The fourth-order valence-corrected chi connectivity index (χ4v) is 2.60. The summed E-state index contributed by atoms with van der Waals surface area (Å²) in [6.07, 6.45) is 5.60. The SMILES string of the molecule is O=C(N/N=C/c1cccc(OC(=O)c2ccc(Cl)cc2Cl)c1)c1cnccn1. The smallest absolute Gasteiger partial charge is 0.345 e. The summed E-state index contributed by atoms with van der Waals surface area (Å²) in [4.78, 5) is 31.8. The Morgan fingerprint density at radius 3 is 2.71 bits per heavy atom. The van der Waals surface area contributed by atoms with Gasteiger partial charge in [-0.1, -0.05) is 35.3 Å². The Labute approximate surface area is 170 Å². The molecule has 9 heteroatoms. The molecule has 0 saturated carbocycles. The highest BCUT2D eigenvalue weighted by Gasteiger charge is 2.13. The van der Waals surface area contributed by atoms with Crippen molar-refractivity contribution >= 4 is 41.3 Å². The zero-order valence-corrected chi connectivity index (χ0v) is 15.7. The minimum Gasteiger partial charge on any atom is -0.423 e. The molecular formula is C19H12Cl2N4O3. The molecule has 1 aromatic heterocycles. The average Bonchev–Trinajstić information content (AvgIpc) is 2.68. The third-order valence-corrected chi connectivity index (χ3v) is 3.94. The largest absolute Gasteiger partial charge is 0.423 e. The number of benzene rings is 2. The molecule has 7 nitrogen and oxygen atoms in total. The van der Waals surface area contributed by atoms with E-state index in [2.05, 4.69) is 20.5 Å². The van der Waals surface area contributed by atoms with Crippen molar-refractivity contribution in [2.24, 2.45) is 5.10 Å². The molecule has 0 bridgehead atoms. The lowest BCUT2D eigenvalue weighted by Gasteiger charge is -2.06. The number of esters is 1. The van der Waals surface area contributed by atoms with Crippen LogP contribution in [0.5, 0.6) is 5.75 Å². The van der Waals surface area contributed by atoms with Gasteiger partial charge in [0.15, 0.2) is 0 Å². The number of hydrogen-bond acceptors (Lipinski definition) is 6. The lowest BCUT2D eigenvalue weighted by atomic mass is 10.2. The van der Waals surface area contributed by atoms with Gasteiger partial charge >= 0.3 is 5.97 Å². The molecule has 1 amide bonds. The number of nitrogens with one attached hydrogen (secondary N) is 1. The van der Waals surface area contributed by atoms with Crippen LogP contribution < -0.4 is 10.2 Å². The molecule has 0 atom stereocenters. The molecule has 140 valence electrons. The van der Waals surface area contributed by atoms with E-state index in [1.54, 1.807) is 30.3 Å². The molecule has 0 radical (unpaired) electrons. The van der Waals surface area contributed by atoms with Gasteiger partial charge in [-0.05, 0) is 35.9 Å². The van der Waals surface area contributed by atoms with E-state index in [-0.39, 0.29) is 16.3 Å². The first-order valence-electron chi connectivity index (χ1n) is 7.89. The highest BCUT2D eigenvalue weighted by molar-refractivity contribution is 6.36. The number of carbonyl (C=O) groups excluding carboxylic acids is 2. The average molecular weight is 415 g/mol. The molecule has 2 aromatic carbocycles. The Hall–Kier alpha value is -3.29. The van der Waals surface area contributed by atoms with Gasteiger partial charge in [-0.3, -0.25) is 9.78 Å². The first-order chi connectivity index (χ1) is 13.5. The number of aromatic nitrogens is 2. The minimum absolute atomic E-state index is 0.141. The number of hydrogen-bond donors (Lipinski definition) is 1. The van der Waals surface area contributed by atoms with Crippen molar-refractivity contribution < 1.29 is 14.3 Å². The first kappa shape index (κ1) is 19.5. The van der Waals surface area contributed by atoms with Crippen molar-refractivity contribution in [2.75, 3.05) is 0 Å². The maximum absolute atomic E-state index is 12.3. The van der Waals surface area contributed by atoms with Crippen LogP contribution in [0.1, 0.15) is 26.4 Å². The molecule has 28 heavy (non-hydrogen) atoms. The number of nitrogens with zero attached hydrogens (tertiary/aromatic N) is 3. The Bertz CT molecular complexity index is 1040. The van der Waals surface area contributed by atoms with Crippen molar-refractivity contribution in [2.45, 2.75) is 0 Å². The quantitative estimate of drug-likeness (QED) is 0.296. The van der Waals surface area contributed by atoms with Crippen LogP contribution in [0.15, 0.2) is 66.2 Å². The summed E-state index contributed by atoms with van der Waals surface area (Å²) in [6, 6.07) is 11.1. The van der Waals surface area contributed by atoms with Crippen LogP contribution in [0.25, 0.3) is 0 Å². The van der Waals surface area contributed by atoms with Crippen LogP contribution in [-0.4, -0.2) is 28.1 Å². The van der Waals surface area contributed by atoms with Crippen LogP contribution in [0, 0.1) is 0 Å². The monoisotopic (exact) mass is 414 g/mol. The predicted molar refractivity (Wildman–Crippen MR) is 105 cm³/mol. The van der Waals surface area contributed by atoms with Crippen molar-refractivity contribution in [3.8, 4) is 5.75 Å². The van der Waals surface area contributed by atoms with Crippen molar-refractivity contribution in [3.63, 3.8) is 0 Å². The van der Waals surface area contributed by atoms with E-state index in [4.69, 9.17) is 27.9 Å². The summed E-state index contributed by atoms with van der Waals surface area (Å²) in [5.41, 5.74) is 3.28. The highest BCUT2D eigenvalue weighted by Crippen LogP contribution is 2.23. The molecule has 3 rings (SSSR count). The molecule has 0 unspecified atom stereocenters. The van der Waals surface area contributed by atoms with Gasteiger partial charge < -0.3 is 4.74 Å². The maximum atomic E-state index is 12.3. The van der Waals surface area contributed by atoms with Crippen molar-refractivity contribution in [1.29, 1.82) is 0 Å². The van der Waals surface area contributed by atoms with Gasteiger partial charge in [-0.15, -0.1) is 0 Å². The minimum atomic E-state index is -0.619. The van der Waals surface area contributed by atoms with E-state index < -0.39 is 11.9 Å². The standard InChI is InChI=1S/C19H12Cl2N4O3/c20-13-4-5-15(16(21)9-13)19(27)28-14-3-1-2-12(8-14)10-24-25-18(26)17-11-22-6-7-23-17/h1-11H,(H,25,26)/b24-10+. The Kier molecular flexibility index (Phi) is 6.31. The third kappa shape index (κ3) is 5.12. The van der Waals surface area contributed by atoms with Gasteiger partial charge in [0.05, 0.1) is 23.0 Å². The molecule has 0 aliphatic rings. The molecule has 1 heterocycles. The molecule has 0 aliphatic heterocycles. The zero-order valence-electron chi connectivity index (χ0n) is 14.2. The third-order valence-electron chi connectivity index (χ3n) is 3.40. The van der Waals surface area contributed by atoms with E-state index in [1.165, 1.54) is 36.9 Å². The van der Waals surface area contributed by atoms with Crippen LogP contribution in [0.3, 0.4) is 0 Å². The van der Waals surface area contributed by atoms with E-state index in [1.807, 2.05) is 0 Å². The second-order valence-corrected chi connectivity index (χ2v) is 6.22. The molecule has 0 fully saturated rings. The second-order valence-electron chi connectivity index (χ2n) is 5.38. The molecule has 3 aromatic rings. The normalized spacial score (nSPS) is 10.6. The summed E-state index contributed by atoms with van der Waals surface area (Å²) in [7, 11) is 0. The van der Waals surface area contributed by atoms with Gasteiger partial charge in [0, 0.05) is 17.4 Å². The number of rotatable bonds is 5. The van der Waals surface area contributed by atoms with Crippen LogP contribution in [0.4, 0.5) is 0 Å².